The fraction of sp³-hybridized carbons (Fsp3) is 0.364. The Morgan fingerprint density at radius 3 is 2.67 bits per heavy atom. The maximum Gasteiger partial charge on any atom is 0.251 e. The molecule has 0 atom stereocenters. The lowest BCUT2D eigenvalue weighted by Gasteiger charge is -2.07. The second kappa shape index (κ2) is 6.17. The second-order valence-electron chi connectivity index (χ2n) is 3.75. The van der Waals surface area contributed by atoms with Gasteiger partial charge in [0, 0.05) is 25.0 Å². The van der Waals surface area contributed by atoms with Crippen LogP contribution in [-0.2, 0) is 9.84 Å². The smallest absolute Gasteiger partial charge is 0.251 e. The van der Waals surface area contributed by atoms with Crippen molar-refractivity contribution in [2.24, 2.45) is 0 Å². The summed E-state index contributed by atoms with van der Waals surface area (Å²) < 4.78 is 22.9. The zero-order valence-electron chi connectivity index (χ0n) is 9.81. The van der Waals surface area contributed by atoms with E-state index in [0.29, 0.717) is 13.0 Å². The summed E-state index contributed by atoms with van der Waals surface area (Å²) in [6.45, 7) is 0.307. The summed E-state index contributed by atoms with van der Waals surface area (Å²) in [5.41, 5.74) is 0.220. The number of nitrogens with one attached hydrogen (secondary N) is 1. The average Bonchev–Trinajstić information content (AvgIpc) is 2.28. The van der Waals surface area contributed by atoms with Gasteiger partial charge in [-0.2, -0.15) is 0 Å². The number of sulfone groups is 1. The van der Waals surface area contributed by atoms with Crippen LogP contribution in [0.3, 0.4) is 0 Å². The van der Waals surface area contributed by atoms with Gasteiger partial charge in [0.2, 0.25) is 0 Å². The van der Waals surface area contributed by atoms with E-state index in [0.717, 1.165) is 6.26 Å². The monoisotopic (exact) mass is 291 g/mol. The van der Waals surface area contributed by atoms with Crippen LogP contribution in [0, 0.1) is 0 Å². The van der Waals surface area contributed by atoms with Gasteiger partial charge < -0.3 is 10.4 Å². The van der Waals surface area contributed by atoms with Gasteiger partial charge in [0.05, 0.1) is 9.92 Å². The Kier molecular flexibility index (Phi) is 5.13. The van der Waals surface area contributed by atoms with Crippen LogP contribution in [0.5, 0.6) is 0 Å². The third kappa shape index (κ3) is 3.97. The topological polar surface area (TPSA) is 83.5 Å². The zero-order valence-corrected chi connectivity index (χ0v) is 11.4. The summed E-state index contributed by atoms with van der Waals surface area (Å²) in [5.74, 6) is -0.398. The Morgan fingerprint density at radius 1 is 1.44 bits per heavy atom. The lowest BCUT2D eigenvalue weighted by atomic mass is 10.2. The first-order valence-electron chi connectivity index (χ1n) is 5.25. The summed E-state index contributed by atoms with van der Waals surface area (Å²) in [6.07, 6.45) is 1.47. The number of aliphatic hydroxyl groups is 1. The third-order valence-electron chi connectivity index (χ3n) is 2.21. The highest BCUT2D eigenvalue weighted by Gasteiger charge is 2.15. The molecule has 0 aliphatic rings. The molecule has 7 heteroatoms. The maximum absolute atomic E-state index is 11.7. The highest BCUT2D eigenvalue weighted by atomic mass is 35.5. The molecular formula is C11H14ClNO4S. The van der Waals surface area contributed by atoms with E-state index in [1.54, 1.807) is 0 Å². The maximum atomic E-state index is 11.7. The van der Waals surface area contributed by atoms with E-state index in [2.05, 4.69) is 5.32 Å². The fourth-order valence-corrected chi connectivity index (χ4v) is 2.61. The van der Waals surface area contributed by atoms with Gasteiger partial charge in [-0.3, -0.25) is 4.79 Å². The van der Waals surface area contributed by atoms with E-state index in [-0.39, 0.29) is 22.1 Å². The van der Waals surface area contributed by atoms with Crippen molar-refractivity contribution in [3.63, 3.8) is 0 Å². The third-order valence-corrected chi connectivity index (χ3v) is 3.79. The first kappa shape index (κ1) is 14.9. The van der Waals surface area contributed by atoms with Crippen LogP contribution in [0.15, 0.2) is 23.1 Å². The molecule has 0 bridgehead atoms. The molecule has 0 saturated carbocycles. The highest BCUT2D eigenvalue weighted by molar-refractivity contribution is 7.90. The number of halogens is 1. The van der Waals surface area contributed by atoms with Crippen LogP contribution < -0.4 is 5.32 Å². The number of rotatable bonds is 5. The number of amides is 1. The molecule has 2 N–H and O–H groups in total. The van der Waals surface area contributed by atoms with E-state index >= 15 is 0 Å². The van der Waals surface area contributed by atoms with Crippen molar-refractivity contribution in [1.29, 1.82) is 0 Å². The Balaban J connectivity index is 2.95. The molecule has 1 aromatic rings. The first-order chi connectivity index (χ1) is 8.36. The zero-order chi connectivity index (χ0) is 13.8. The molecule has 0 aromatic heterocycles. The number of carbonyl (C=O) groups is 1. The molecule has 100 valence electrons. The molecule has 0 aliphatic carbocycles. The number of hydrogen-bond donors (Lipinski definition) is 2. The minimum atomic E-state index is -3.47. The lowest BCUT2D eigenvalue weighted by Crippen LogP contribution is -2.25. The minimum absolute atomic E-state index is 0.0184. The standard InChI is InChI=1S/C11H14ClNO4S/c1-18(16,17)10-7-8(3-4-9(10)12)11(15)13-5-2-6-14/h3-4,7,14H,2,5-6H2,1H3,(H,13,15). The van der Waals surface area contributed by atoms with E-state index in [1.165, 1.54) is 18.2 Å². The first-order valence-corrected chi connectivity index (χ1v) is 7.52. The molecule has 0 fully saturated rings. The number of benzene rings is 1. The van der Waals surface area contributed by atoms with Crippen molar-refractivity contribution < 1.29 is 18.3 Å². The number of aliphatic hydroxyl groups excluding tert-OH is 1. The van der Waals surface area contributed by atoms with Crippen molar-refractivity contribution in [3.8, 4) is 0 Å². The average molecular weight is 292 g/mol. The Morgan fingerprint density at radius 2 is 2.11 bits per heavy atom. The van der Waals surface area contributed by atoms with Crippen molar-refractivity contribution >= 4 is 27.3 Å². The molecule has 0 saturated heterocycles. The van der Waals surface area contributed by atoms with Crippen LogP contribution >= 0.6 is 11.6 Å². The van der Waals surface area contributed by atoms with Crippen LogP contribution in [0.2, 0.25) is 5.02 Å². The van der Waals surface area contributed by atoms with E-state index in [9.17, 15) is 13.2 Å². The van der Waals surface area contributed by atoms with E-state index < -0.39 is 15.7 Å². The predicted octanol–water partition coefficient (Wildman–Crippen LogP) is 0.856. The van der Waals surface area contributed by atoms with E-state index in [1.807, 2.05) is 0 Å². The molecule has 1 rings (SSSR count). The van der Waals surface area contributed by atoms with Crippen molar-refractivity contribution in [3.05, 3.63) is 28.8 Å². The largest absolute Gasteiger partial charge is 0.396 e. The van der Waals surface area contributed by atoms with Crippen LogP contribution in [0.25, 0.3) is 0 Å². The highest BCUT2D eigenvalue weighted by Crippen LogP contribution is 2.22. The SMILES string of the molecule is CS(=O)(=O)c1cc(C(=O)NCCCO)ccc1Cl. The summed E-state index contributed by atoms with van der Waals surface area (Å²) in [4.78, 5) is 11.6. The molecule has 5 nitrogen and oxygen atoms in total. The van der Waals surface area contributed by atoms with Gasteiger partial charge in [-0.15, -0.1) is 0 Å². The van der Waals surface area contributed by atoms with Crippen LogP contribution in [-0.4, -0.2) is 38.8 Å². The molecule has 0 unspecified atom stereocenters. The molecule has 0 aliphatic heterocycles. The Bertz CT molecular complexity index is 542. The molecule has 0 heterocycles. The normalized spacial score (nSPS) is 11.3. The van der Waals surface area contributed by atoms with Crippen molar-refractivity contribution in [1.82, 2.24) is 5.32 Å². The van der Waals surface area contributed by atoms with Gasteiger partial charge in [0.25, 0.3) is 5.91 Å². The minimum Gasteiger partial charge on any atom is -0.396 e. The molecule has 0 radical (unpaired) electrons. The summed E-state index contributed by atoms with van der Waals surface area (Å²) in [6, 6.07) is 4.07. The van der Waals surface area contributed by atoms with Gasteiger partial charge in [-0.25, -0.2) is 8.42 Å². The predicted molar refractivity (Wildman–Crippen MR) is 68.6 cm³/mol. The molecule has 0 spiro atoms. The molecule has 1 aromatic carbocycles. The molecular weight excluding hydrogens is 278 g/mol. The Hall–Kier alpha value is -1.11. The number of hydrogen-bond acceptors (Lipinski definition) is 4. The van der Waals surface area contributed by atoms with Gasteiger partial charge in [0.1, 0.15) is 0 Å². The van der Waals surface area contributed by atoms with Gasteiger partial charge >= 0.3 is 0 Å². The quantitative estimate of drug-likeness (QED) is 0.788. The summed E-state index contributed by atoms with van der Waals surface area (Å²) in [5, 5.41) is 11.2. The van der Waals surface area contributed by atoms with E-state index in [4.69, 9.17) is 16.7 Å². The van der Waals surface area contributed by atoms with Gasteiger partial charge in [0.15, 0.2) is 9.84 Å². The van der Waals surface area contributed by atoms with Crippen LogP contribution in [0.1, 0.15) is 16.8 Å². The van der Waals surface area contributed by atoms with Crippen molar-refractivity contribution in [2.75, 3.05) is 19.4 Å². The van der Waals surface area contributed by atoms with Gasteiger partial charge in [-0.1, -0.05) is 11.6 Å². The van der Waals surface area contributed by atoms with Crippen molar-refractivity contribution in [2.45, 2.75) is 11.3 Å². The van der Waals surface area contributed by atoms with Crippen LogP contribution in [0.4, 0.5) is 0 Å². The summed E-state index contributed by atoms with van der Waals surface area (Å²) >= 11 is 5.77. The molecule has 1 amide bonds. The summed E-state index contributed by atoms with van der Waals surface area (Å²) in [7, 11) is -3.47. The second-order valence-corrected chi connectivity index (χ2v) is 6.14. The fourth-order valence-electron chi connectivity index (χ4n) is 1.31. The van der Waals surface area contributed by atoms with Gasteiger partial charge in [-0.05, 0) is 24.6 Å². The lowest BCUT2D eigenvalue weighted by molar-refractivity contribution is 0.0951. The number of carbonyl (C=O) groups excluding carboxylic acids is 1. The Labute approximate surface area is 111 Å². The molecule has 18 heavy (non-hydrogen) atoms.